The predicted molar refractivity (Wildman–Crippen MR) is 93.1 cm³/mol. The van der Waals surface area contributed by atoms with E-state index < -0.39 is 0 Å². The zero-order valence-electron chi connectivity index (χ0n) is 13.7. The van der Waals surface area contributed by atoms with E-state index in [9.17, 15) is 4.79 Å². The van der Waals surface area contributed by atoms with Crippen molar-refractivity contribution < 1.29 is 9.53 Å². The summed E-state index contributed by atoms with van der Waals surface area (Å²) in [6.07, 6.45) is 0. The van der Waals surface area contributed by atoms with E-state index in [1.807, 2.05) is 11.4 Å². The highest BCUT2D eigenvalue weighted by Gasteiger charge is 2.07. The van der Waals surface area contributed by atoms with E-state index in [0.29, 0.717) is 36.9 Å². The van der Waals surface area contributed by atoms with Crippen molar-refractivity contribution in [2.45, 2.75) is 26.3 Å². The van der Waals surface area contributed by atoms with E-state index in [-0.39, 0.29) is 6.03 Å². The molecule has 0 aliphatic heterocycles. The fourth-order valence-electron chi connectivity index (χ4n) is 1.86. The van der Waals surface area contributed by atoms with Gasteiger partial charge in [0, 0.05) is 11.3 Å². The number of carbonyl (C=O) groups is 1. The molecular weight excluding hydrogens is 324 g/mol. The number of benzene rings is 1. The molecule has 1 heterocycles. The molecule has 0 saturated carbocycles. The maximum atomic E-state index is 11.7. The van der Waals surface area contributed by atoms with Crippen LogP contribution in [0.4, 0.5) is 4.79 Å². The Bertz CT molecular complexity index is 704. The van der Waals surface area contributed by atoms with E-state index in [2.05, 4.69) is 29.5 Å². The first kappa shape index (κ1) is 17.8. The fourth-order valence-corrected chi connectivity index (χ4v) is 2.70. The first-order valence-corrected chi connectivity index (χ1v) is 8.55. The van der Waals surface area contributed by atoms with Crippen molar-refractivity contribution in [3.05, 3.63) is 45.9 Å². The van der Waals surface area contributed by atoms with Gasteiger partial charge in [-0.1, -0.05) is 13.8 Å². The summed E-state index contributed by atoms with van der Waals surface area (Å²) in [5.41, 5.74) is 1.45. The molecular formula is C17H20N4O2S. The third-order valence-corrected chi connectivity index (χ3v) is 4.33. The van der Waals surface area contributed by atoms with Crippen molar-refractivity contribution in [2.75, 3.05) is 13.2 Å². The van der Waals surface area contributed by atoms with Gasteiger partial charge in [-0.05, 0) is 24.3 Å². The van der Waals surface area contributed by atoms with Crippen molar-refractivity contribution in [3.8, 4) is 11.8 Å². The van der Waals surface area contributed by atoms with E-state index in [1.54, 1.807) is 35.6 Å². The summed E-state index contributed by atoms with van der Waals surface area (Å²) < 4.78 is 5.49. The topological polar surface area (TPSA) is 87.0 Å². The van der Waals surface area contributed by atoms with E-state index in [1.165, 1.54) is 0 Å². The Balaban J connectivity index is 1.63. The molecule has 1 aromatic carbocycles. The molecule has 0 aliphatic carbocycles. The molecule has 2 amide bonds. The summed E-state index contributed by atoms with van der Waals surface area (Å²) in [6, 6.07) is 8.63. The molecule has 7 heteroatoms. The average molecular weight is 344 g/mol. The van der Waals surface area contributed by atoms with Crippen molar-refractivity contribution >= 4 is 17.4 Å². The van der Waals surface area contributed by atoms with Gasteiger partial charge < -0.3 is 15.4 Å². The Morgan fingerprint density at radius 1 is 1.33 bits per heavy atom. The quantitative estimate of drug-likeness (QED) is 0.756. The lowest BCUT2D eigenvalue weighted by molar-refractivity contribution is 0.236. The largest absolute Gasteiger partial charge is 0.492 e. The number of urea groups is 1. The summed E-state index contributed by atoms with van der Waals surface area (Å²) >= 11 is 1.61. The summed E-state index contributed by atoms with van der Waals surface area (Å²) in [5.74, 6) is 1.07. The first-order chi connectivity index (χ1) is 11.6. The molecule has 2 aromatic rings. The van der Waals surface area contributed by atoms with E-state index in [4.69, 9.17) is 10.00 Å². The van der Waals surface area contributed by atoms with Crippen LogP contribution in [0.25, 0.3) is 0 Å². The van der Waals surface area contributed by atoms with Crippen molar-refractivity contribution in [1.29, 1.82) is 5.26 Å². The standard InChI is InChI=1S/C17H20N4O2S/c1-12(2)16-21-14(11-24-16)10-20-17(22)19-7-8-23-15-5-3-13(9-18)4-6-15/h3-6,11-12H,7-8,10H2,1-2H3,(H2,19,20,22). The normalized spacial score (nSPS) is 10.2. The van der Waals surface area contributed by atoms with Gasteiger partial charge in [0.25, 0.3) is 0 Å². The highest BCUT2D eigenvalue weighted by atomic mass is 32.1. The number of hydrogen-bond donors (Lipinski definition) is 2. The number of hydrogen-bond acceptors (Lipinski definition) is 5. The van der Waals surface area contributed by atoms with Gasteiger partial charge in [0.1, 0.15) is 12.4 Å². The van der Waals surface area contributed by atoms with Crippen LogP contribution in [0.5, 0.6) is 5.75 Å². The maximum Gasteiger partial charge on any atom is 0.315 e. The van der Waals surface area contributed by atoms with Crippen LogP contribution < -0.4 is 15.4 Å². The van der Waals surface area contributed by atoms with Crippen LogP contribution in [0.1, 0.15) is 36.0 Å². The second-order valence-corrected chi connectivity index (χ2v) is 6.32. The average Bonchev–Trinajstić information content (AvgIpc) is 3.07. The van der Waals surface area contributed by atoms with Crippen LogP contribution in [0, 0.1) is 11.3 Å². The summed E-state index contributed by atoms with van der Waals surface area (Å²) in [6.45, 7) is 5.34. The lowest BCUT2D eigenvalue weighted by Crippen LogP contribution is -2.37. The number of aromatic nitrogens is 1. The van der Waals surface area contributed by atoms with Crippen molar-refractivity contribution in [1.82, 2.24) is 15.6 Å². The number of nitrogens with zero attached hydrogens (tertiary/aromatic N) is 2. The van der Waals surface area contributed by atoms with Crippen molar-refractivity contribution in [2.24, 2.45) is 0 Å². The molecule has 0 atom stereocenters. The van der Waals surface area contributed by atoms with Gasteiger partial charge in [0.2, 0.25) is 0 Å². The lowest BCUT2D eigenvalue weighted by atomic mass is 10.2. The summed E-state index contributed by atoms with van der Waals surface area (Å²) in [5, 5.41) is 17.2. The highest BCUT2D eigenvalue weighted by molar-refractivity contribution is 7.09. The minimum absolute atomic E-state index is 0.252. The first-order valence-electron chi connectivity index (χ1n) is 7.67. The monoisotopic (exact) mass is 344 g/mol. The van der Waals surface area contributed by atoms with Crippen LogP contribution in [-0.2, 0) is 6.54 Å². The third kappa shape index (κ3) is 5.56. The third-order valence-electron chi connectivity index (χ3n) is 3.13. The minimum atomic E-state index is -0.252. The number of nitriles is 1. The van der Waals surface area contributed by atoms with Gasteiger partial charge in [-0.2, -0.15) is 5.26 Å². The Kier molecular flexibility index (Phi) is 6.58. The molecule has 6 nitrogen and oxygen atoms in total. The molecule has 0 fully saturated rings. The van der Waals surface area contributed by atoms with Crippen LogP contribution in [0.2, 0.25) is 0 Å². The molecule has 1 aromatic heterocycles. The Hall–Kier alpha value is -2.59. The van der Waals surface area contributed by atoms with Gasteiger partial charge in [0.05, 0.1) is 35.4 Å². The molecule has 0 bridgehead atoms. The maximum absolute atomic E-state index is 11.7. The second kappa shape index (κ2) is 8.89. The highest BCUT2D eigenvalue weighted by Crippen LogP contribution is 2.18. The van der Waals surface area contributed by atoms with Gasteiger partial charge in [-0.25, -0.2) is 9.78 Å². The van der Waals surface area contributed by atoms with Gasteiger partial charge in [0.15, 0.2) is 0 Å². The molecule has 0 unspecified atom stereocenters. The molecule has 2 rings (SSSR count). The Labute approximate surface area is 145 Å². The van der Waals surface area contributed by atoms with Gasteiger partial charge >= 0.3 is 6.03 Å². The van der Waals surface area contributed by atoms with E-state index >= 15 is 0 Å². The molecule has 2 N–H and O–H groups in total. The summed E-state index contributed by atoms with van der Waals surface area (Å²) in [7, 11) is 0. The van der Waals surface area contributed by atoms with E-state index in [0.717, 1.165) is 10.7 Å². The minimum Gasteiger partial charge on any atom is -0.492 e. The number of rotatable bonds is 7. The van der Waals surface area contributed by atoms with Crippen LogP contribution in [-0.4, -0.2) is 24.2 Å². The molecule has 24 heavy (non-hydrogen) atoms. The number of ether oxygens (including phenoxy) is 1. The number of amides is 2. The fraction of sp³-hybridized carbons (Fsp3) is 0.353. The van der Waals surface area contributed by atoms with Crippen molar-refractivity contribution in [3.63, 3.8) is 0 Å². The SMILES string of the molecule is CC(C)c1nc(CNC(=O)NCCOc2ccc(C#N)cc2)cs1. The summed E-state index contributed by atoms with van der Waals surface area (Å²) in [4.78, 5) is 16.2. The van der Waals surface area contributed by atoms with Gasteiger partial charge in [-0.15, -0.1) is 11.3 Å². The molecule has 0 saturated heterocycles. The predicted octanol–water partition coefficient (Wildman–Crippen LogP) is 3.02. The van der Waals surface area contributed by atoms with Crippen LogP contribution >= 0.6 is 11.3 Å². The van der Waals surface area contributed by atoms with Crippen LogP contribution in [0.3, 0.4) is 0 Å². The molecule has 126 valence electrons. The number of nitrogens with one attached hydrogen (secondary N) is 2. The lowest BCUT2D eigenvalue weighted by Gasteiger charge is -2.08. The second-order valence-electron chi connectivity index (χ2n) is 5.43. The zero-order chi connectivity index (χ0) is 17.4. The number of carbonyl (C=O) groups excluding carboxylic acids is 1. The zero-order valence-corrected chi connectivity index (χ0v) is 14.5. The molecule has 0 aliphatic rings. The molecule has 0 spiro atoms. The van der Waals surface area contributed by atoms with Crippen LogP contribution in [0.15, 0.2) is 29.6 Å². The Morgan fingerprint density at radius 2 is 2.08 bits per heavy atom. The smallest absolute Gasteiger partial charge is 0.315 e. The van der Waals surface area contributed by atoms with Gasteiger partial charge in [-0.3, -0.25) is 0 Å². The Morgan fingerprint density at radius 3 is 2.71 bits per heavy atom. The number of thiazole rings is 1. The molecule has 0 radical (unpaired) electrons.